The Balaban J connectivity index is 2.15. The summed E-state index contributed by atoms with van der Waals surface area (Å²) in [7, 11) is -3.26. The third-order valence-corrected chi connectivity index (χ3v) is 5.19. The molecule has 0 heterocycles. The number of benzene rings is 2. The molecule has 0 bridgehead atoms. The number of rotatable bonds is 5. The van der Waals surface area contributed by atoms with E-state index >= 15 is 0 Å². The van der Waals surface area contributed by atoms with Gasteiger partial charge in [0.25, 0.3) is 5.91 Å². The molecule has 0 fully saturated rings. The number of amides is 1. The van der Waals surface area contributed by atoms with Gasteiger partial charge in [0, 0.05) is 16.3 Å². The smallest absolute Gasteiger partial charge is 0.251 e. The van der Waals surface area contributed by atoms with E-state index in [1.54, 1.807) is 0 Å². The first kappa shape index (κ1) is 17.7. The Kier molecular flexibility index (Phi) is 5.59. The SMILES string of the molecule is CCC(NC(=O)c1ccc(S(C)(=O)=O)cc1)c1ccc(Br)cc1. The summed E-state index contributed by atoms with van der Waals surface area (Å²) in [6.07, 6.45) is 1.90. The van der Waals surface area contributed by atoms with Gasteiger partial charge in [0.05, 0.1) is 10.9 Å². The van der Waals surface area contributed by atoms with E-state index in [9.17, 15) is 13.2 Å². The average Bonchev–Trinajstić information content (AvgIpc) is 2.52. The first-order valence-corrected chi connectivity index (χ1v) is 9.86. The summed E-state index contributed by atoms with van der Waals surface area (Å²) in [6, 6.07) is 13.7. The van der Waals surface area contributed by atoms with Crippen molar-refractivity contribution in [3.8, 4) is 0 Å². The van der Waals surface area contributed by atoms with Crippen LogP contribution in [0.3, 0.4) is 0 Å². The normalized spacial score (nSPS) is 12.7. The number of hydrogen-bond donors (Lipinski definition) is 1. The van der Waals surface area contributed by atoms with Crippen LogP contribution in [0.1, 0.15) is 35.3 Å². The summed E-state index contributed by atoms with van der Waals surface area (Å²) in [6.45, 7) is 2.00. The summed E-state index contributed by atoms with van der Waals surface area (Å²) in [4.78, 5) is 12.5. The molecule has 23 heavy (non-hydrogen) atoms. The molecule has 122 valence electrons. The van der Waals surface area contributed by atoms with Gasteiger partial charge in [-0.1, -0.05) is 35.0 Å². The van der Waals surface area contributed by atoms with E-state index in [4.69, 9.17) is 0 Å². The highest BCUT2D eigenvalue weighted by Crippen LogP contribution is 2.20. The molecule has 0 saturated carbocycles. The summed E-state index contributed by atoms with van der Waals surface area (Å²) in [5, 5.41) is 2.97. The third-order valence-electron chi connectivity index (χ3n) is 3.53. The molecule has 6 heteroatoms. The van der Waals surface area contributed by atoms with Gasteiger partial charge in [-0.05, 0) is 48.4 Å². The minimum atomic E-state index is -3.26. The van der Waals surface area contributed by atoms with Gasteiger partial charge in [-0.15, -0.1) is 0 Å². The van der Waals surface area contributed by atoms with Crippen LogP contribution in [0, 0.1) is 0 Å². The largest absolute Gasteiger partial charge is 0.345 e. The quantitative estimate of drug-likeness (QED) is 0.838. The predicted molar refractivity (Wildman–Crippen MR) is 94.2 cm³/mol. The molecular formula is C17H18BrNO3S. The Bertz CT molecular complexity index is 784. The molecule has 0 spiro atoms. The van der Waals surface area contributed by atoms with Gasteiger partial charge in [-0.3, -0.25) is 4.79 Å². The zero-order valence-corrected chi connectivity index (χ0v) is 15.3. The standard InChI is InChI=1S/C17H18BrNO3S/c1-3-16(12-4-8-14(18)9-5-12)19-17(20)13-6-10-15(11-7-13)23(2,21)22/h4-11,16H,3H2,1-2H3,(H,19,20). The van der Waals surface area contributed by atoms with Crippen LogP contribution in [0.2, 0.25) is 0 Å². The second kappa shape index (κ2) is 7.27. The first-order valence-electron chi connectivity index (χ1n) is 7.17. The monoisotopic (exact) mass is 395 g/mol. The Morgan fingerprint density at radius 2 is 1.65 bits per heavy atom. The van der Waals surface area contributed by atoms with E-state index in [1.807, 2.05) is 31.2 Å². The molecular weight excluding hydrogens is 378 g/mol. The fourth-order valence-electron chi connectivity index (χ4n) is 2.21. The maximum Gasteiger partial charge on any atom is 0.251 e. The highest BCUT2D eigenvalue weighted by Gasteiger charge is 2.15. The lowest BCUT2D eigenvalue weighted by atomic mass is 10.0. The fraction of sp³-hybridized carbons (Fsp3) is 0.235. The van der Waals surface area contributed by atoms with Crippen molar-refractivity contribution in [2.45, 2.75) is 24.3 Å². The average molecular weight is 396 g/mol. The molecule has 1 atom stereocenters. The van der Waals surface area contributed by atoms with E-state index in [-0.39, 0.29) is 16.8 Å². The van der Waals surface area contributed by atoms with E-state index in [1.165, 1.54) is 24.3 Å². The van der Waals surface area contributed by atoms with E-state index in [2.05, 4.69) is 21.2 Å². The van der Waals surface area contributed by atoms with Crippen molar-refractivity contribution in [2.24, 2.45) is 0 Å². The Morgan fingerprint density at radius 3 is 2.13 bits per heavy atom. The molecule has 1 N–H and O–H groups in total. The van der Waals surface area contributed by atoms with Crippen molar-refractivity contribution in [2.75, 3.05) is 6.26 Å². The number of carbonyl (C=O) groups is 1. The molecule has 2 aromatic rings. The Labute approximate surface area is 145 Å². The molecule has 0 radical (unpaired) electrons. The molecule has 1 amide bonds. The van der Waals surface area contributed by atoms with Crippen LogP contribution in [-0.4, -0.2) is 20.6 Å². The van der Waals surface area contributed by atoms with Gasteiger partial charge < -0.3 is 5.32 Å². The highest BCUT2D eigenvalue weighted by molar-refractivity contribution is 9.10. The summed E-state index contributed by atoms with van der Waals surface area (Å²) in [5.41, 5.74) is 1.46. The zero-order valence-electron chi connectivity index (χ0n) is 12.9. The number of sulfone groups is 1. The van der Waals surface area contributed by atoms with Crippen LogP contribution in [0.15, 0.2) is 57.9 Å². The Hall–Kier alpha value is -1.66. The topological polar surface area (TPSA) is 63.2 Å². The molecule has 4 nitrogen and oxygen atoms in total. The fourth-order valence-corrected chi connectivity index (χ4v) is 3.11. The summed E-state index contributed by atoms with van der Waals surface area (Å²) >= 11 is 3.39. The van der Waals surface area contributed by atoms with Crippen LogP contribution in [-0.2, 0) is 9.84 Å². The van der Waals surface area contributed by atoms with E-state index in [0.717, 1.165) is 22.7 Å². The van der Waals surface area contributed by atoms with Crippen LogP contribution in [0.4, 0.5) is 0 Å². The highest BCUT2D eigenvalue weighted by atomic mass is 79.9. The van der Waals surface area contributed by atoms with Gasteiger partial charge in [0.1, 0.15) is 0 Å². The zero-order chi connectivity index (χ0) is 17.0. The van der Waals surface area contributed by atoms with Crippen molar-refractivity contribution in [3.05, 3.63) is 64.1 Å². The lowest BCUT2D eigenvalue weighted by molar-refractivity contribution is 0.0935. The molecule has 0 aliphatic heterocycles. The molecule has 2 rings (SSSR count). The molecule has 1 unspecified atom stereocenters. The summed E-state index contributed by atoms with van der Waals surface area (Å²) < 4.78 is 23.9. The van der Waals surface area contributed by atoms with E-state index < -0.39 is 9.84 Å². The van der Waals surface area contributed by atoms with Gasteiger partial charge in [0.2, 0.25) is 0 Å². The predicted octanol–water partition coefficient (Wildman–Crippen LogP) is 3.73. The second-order valence-electron chi connectivity index (χ2n) is 5.28. The van der Waals surface area contributed by atoms with E-state index in [0.29, 0.717) is 5.56 Å². The Morgan fingerprint density at radius 1 is 1.09 bits per heavy atom. The van der Waals surface area contributed by atoms with Gasteiger partial charge >= 0.3 is 0 Å². The van der Waals surface area contributed by atoms with Crippen molar-refractivity contribution >= 4 is 31.7 Å². The minimum absolute atomic E-state index is 0.0924. The van der Waals surface area contributed by atoms with Gasteiger partial charge in [0.15, 0.2) is 9.84 Å². The van der Waals surface area contributed by atoms with Gasteiger partial charge in [-0.2, -0.15) is 0 Å². The second-order valence-corrected chi connectivity index (χ2v) is 8.21. The first-order chi connectivity index (χ1) is 10.8. The number of halogens is 1. The van der Waals surface area contributed by atoms with Crippen LogP contribution < -0.4 is 5.32 Å². The molecule has 0 aliphatic rings. The third kappa shape index (κ3) is 4.65. The van der Waals surface area contributed by atoms with Crippen LogP contribution in [0.5, 0.6) is 0 Å². The number of carbonyl (C=O) groups excluding carboxylic acids is 1. The molecule has 0 saturated heterocycles. The lowest BCUT2D eigenvalue weighted by Crippen LogP contribution is -2.28. The number of nitrogens with one attached hydrogen (secondary N) is 1. The van der Waals surface area contributed by atoms with Crippen molar-refractivity contribution in [1.29, 1.82) is 0 Å². The van der Waals surface area contributed by atoms with Crippen molar-refractivity contribution < 1.29 is 13.2 Å². The van der Waals surface area contributed by atoms with Crippen LogP contribution >= 0.6 is 15.9 Å². The lowest BCUT2D eigenvalue weighted by Gasteiger charge is -2.17. The molecule has 0 aromatic heterocycles. The van der Waals surface area contributed by atoms with Crippen molar-refractivity contribution in [1.82, 2.24) is 5.32 Å². The molecule has 2 aromatic carbocycles. The van der Waals surface area contributed by atoms with Gasteiger partial charge in [-0.25, -0.2) is 8.42 Å². The van der Waals surface area contributed by atoms with Crippen LogP contribution in [0.25, 0.3) is 0 Å². The minimum Gasteiger partial charge on any atom is -0.345 e. The maximum atomic E-state index is 12.3. The maximum absolute atomic E-state index is 12.3. The number of hydrogen-bond acceptors (Lipinski definition) is 3. The van der Waals surface area contributed by atoms with Crippen molar-refractivity contribution in [3.63, 3.8) is 0 Å². The molecule has 0 aliphatic carbocycles. The summed E-state index contributed by atoms with van der Waals surface area (Å²) in [5.74, 6) is -0.222.